The zero-order valence-electron chi connectivity index (χ0n) is 11.7. The van der Waals surface area contributed by atoms with E-state index in [9.17, 15) is 14.3 Å². The number of hydrogen-bond acceptors (Lipinski definition) is 3. The Kier molecular flexibility index (Phi) is 4.28. The molecule has 4 nitrogen and oxygen atoms in total. The van der Waals surface area contributed by atoms with Crippen molar-refractivity contribution in [1.82, 2.24) is 5.32 Å². The Hall–Kier alpha value is -1.62. The van der Waals surface area contributed by atoms with Crippen molar-refractivity contribution >= 4 is 11.6 Å². The van der Waals surface area contributed by atoms with Crippen LogP contribution in [0.4, 0.5) is 10.1 Å². The first-order valence-electron chi connectivity index (χ1n) is 6.94. The van der Waals surface area contributed by atoms with Crippen molar-refractivity contribution < 1.29 is 14.3 Å². The van der Waals surface area contributed by atoms with E-state index < -0.39 is 11.4 Å². The van der Waals surface area contributed by atoms with Crippen LogP contribution in [0.5, 0.6) is 0 Å². The second kappa shape index (κ2) is 5.79. The average molecular weight is 280 g/mol. The minimum Gasteiger partial charge on any atom is -0.396 e. The summed E-state index contributed by atoms with van der Waals surface area (Å²) in [5.41, 5.74) is 5.18. The summed E-state index contributed by atoms with van der Waals surface area (Å²) in [5, 5.41) is 12.5. The van der Waals surface area contributed by atoms with Gasteiger partial charge in [-0.3, -0.25) is 4.79 Å². The largest absolute Gasteiger partial charge is 0.396 e. The molecule has 0 radical (unpaired) electrons. The second-order valence-corrected chi connectivity index (χ2v) is 5.81. The number of nitrogens with one attached hydrogen (secondary N) is 1. The molecule has 0 heterocycles. The number of carbonyl (C=O) groups is 1. The highest BCUT2D eigenvalue weighted by atomic mass is 19.1. The van der Waals surface area contributed by atoms with Crippen LogP contribution in [0.1, 0.15) is 43.0 Å². The summed E-state index contributed by atoms with van der Waals surface area (Å²) in [5.74, 6) is -0.238. The summed E-state index contributed by atoms with van der Waals surface area (Å²) in [7, 11) is 0. The molecule has 0 aliphatic heterocycles. The van der Waals surface area contributed by atoms with E-state index in [0.29, 0.717) is 11.5 Å². The van der Waals surface area contributed by atoms with Crippen molar-refractivity contribution in [3.8, 4) is 0 Å². The van der Waals surface area contributed by atoms with E-state index in [1.165, 1.54) is 18.2 Å². The maximum Gasteiger partial charge on any atom is 0.251 e. The Balaban J connectivity index is 2.11. The number of nitrogens with two attached hydrogens (primary N) is 1. The molecule has 1 amide bonds. The van der Waals surface area contributed by atoms with Gasteiger partial charge in [0.25, 0.3) is 5.91 Å². The lowest BCUT2D eigenvalue weighted by Crippen LogP contribution is -2.53. The van der Waals surface area contributed by atoms with Crippen LogP contribution in [0, 0.1) is 11.7 Å². The highest BCUT2D eigenvalue weighted by Gasteiger charge is 2.35. The molecule has 1 fully saturated rings. The standard InChI is InChI=1S/C15H21FN2O2/c1-10-4-6-15(9-19,7-5-10)18-14(20)11-2-3-12(16)13(17)8-11/h2-3,8,10,19H,4-7,9,17H2,1H3,(H,18,20). The van der Waals surface area contributed by atoms with Gasteiger partial charge < -0.3 is 16.2 Å². The van der Waals surface area contributed by atoms with Crippen LogP contribution in [-0.2, 0) is 0 Å². The van der Waals surface area contributed by atoms with Crippen LogP contribution in [0.3, 0.4) is 0 Å². The van der Waals surface area contributed by atoms with Crippen molar-refractivity contribution in [1.29, 1.82) is 0 Å². The lowest BCUT2D eigenvalue weighted by Gasteiger charge is -2.38. The number of halogens is 1. The smallest absolute Gasteiger partial charge is 0.251 e. The molecule has 0 spiro atoms. The number of aliphatic hydroxyl groups excluding tert-OH is 1. The molecule has 110 valence electrons. The summed E-state index contributed by atoms with van der Waals surface area (Å²) in [6.07, 6.45) is 3.47. The van der Waals surface area contributed by atoms with Crippen LogP contribution in [-0.4, -0.2) is 23.2 Å². The number of anilines is 1. The predicted octanol–water partition coefficient (Wildman–Crippen LogP) is 2.08. The van der Waals surface area contributed by atoms with Gasteiger partial charge in [-0.05, 0) is 49.8 Å². The first-order valence-corrected chi connectivity index (χ1v) is 6.94. The van der Waals surface area contributed by atoms with Crippen LogP contribution < -0.4 is 11.1 Å². The molecule has 0 saturated heterocycles. The number of nitrogen functional groups attached to an aromatic ring is 1. The summed E-state index contributed by atoms with van der Waals surface area (Å²) in [6, 6.07) is 3.90. The average Bonchev–Trinajstić information content (AvgIpc) is 2.44. The Labute approximate surface area is 118 Å². The number of carbonyl (C=O) groups excluding carboxylic acids is 1. The molecule has 1 aliphatic rings. The predicted molar refractivity (Wildman–Crippen MR) is 75.7 cm³/mol. The SMILES string of the molecule is CC1CCC(CO)(NC(=O)c2ccc(F)c(N)c2)CC1. The normalized spacial score (nSPS) is 26.2. The highest BCUT2D eigenvalue weighted by molar-refractivity contribution is 5.95. The zero-order valence-corrected chi connectivity index (χ0v) is 11.7. The topological polar surface area (TPSA) is 75.3 Å². The highest BCUT2D eigenvalue weighted by Crippen LogP contribution is 2.31. The van der Waals surface area contributed by atoms with Gasteiger partial charge in [-0.15, -0.1) is 0 Å². The van der Waals surface area contributed by atoms with E-state index in [1.54, 1.807) is 0 Å². The molecule has 20 heavy (non-hydrogen) atoms. The van der Waals surface area contributed by atoms with Gasteiger partial charge in [0.1, 0.15) is 5.82 Å². The molecule has 5 heteroatoms. The molecule has 4 N–H and O–H groups in total. The monoisotopic (exact) mass is 280 g/mol. The van der Waals surface area contributed by atoms with Crippen LogP contribution in [0.25, 0.3) is 0 Å². The van der Waals surface area contributed by atoms with Gasteiger partial charge in [-0.2, -0.15) is 0 Å². The third kappa shape index (κ3) is 3.10. The van der Waals surface area contributed by atoms with Crippen molar-refractivity contribution in [3.63, 3.8) is 0 Å². The van der Waals surface area contributed by atoms with Gasteiger partial charge in [0.2, 0.25) is 0 Å². The lowest BCUT2D eigenvalue weighted by atomic mass is 9.77. The summed E-state index contributed by atoms with van der Waals surface area (Å²) in [4.78, 5) is 12.2. The van der Waals surface area contributed by atoms with E-state index in [2.05, 4.69) is 12.2 Å². The number of aliphatic hydroxyl groups is 1. The Morgan fingerprint density at radius 1 is 1.50 bits per heavy atom. The van der Waals surface area contributed by atoms with Crippen molar-refractivity contribution in [2.45, 2.75) is 38.1 Å². The molecule has 1 aromatic rings. The van der Waals surface area contributed by atoms with E-state index in [0.717, 1.165) is 25.7 Å². The number of amides is 1. The molecule has 0 unspecified atom stereocenters. The molecule has 0 aromatic heterocycles. The van der Waals surface area contributed by atoms with Gasteiger partial charge in [0, 0.05) is 5.56 Å². The molecule has 1 aliphatic carbocycles. The summed E-state index contributed by atoms with van der Waals surface area (Å²) >= 11 is 0. The van der Waals surface area contributed by atoms with Gasteiger partial charge in [0.15, 0.2) is 0 Å². The van der Waals surface area contributed by atoms with Crippen LogP contribution in [0.2, 0.25) is 0 Å². The van der Waals surface area contributed by atoms with Crippen molar-refractivity contribution in [2.75, 3.05) is 12.3 Å². The lowest BCUT2D eigenvalue weighted by molar-refractivity contribution is 0.0717. The number of benzene rings is 1. The Morgan fingerprint density at radius 2 is 2.15 bits per heavy atom. The molecule has 0 bridgehead atoms. The quantitative estimate of drug-likeness (QED) is 0.742. The summed E-state index contributed by atoms with van der Waals surface area (Å²) < 4.78 is 13.1. The first kappa shape index (κ1) is 14.8. The molecule has 1 aromatic carbocycles. The second-order valence-electron chi connectivity index (χ2n) is 5.81. The maximum absolute atomic E-state index is 13.1. The minimum absolute atomic E-state index is 0.0482. The third-order valence-electron chi connectivity index (χ3n) is 4.17. The molecule has 0 atom stereocenters. The van der Waals surface area contributed by atoms with Gasteiger partial charge in [-0.1, -0.05) is 6.92 Å². The van der Waals surface area contributed by atoms with E-state index in [4.69, 9.17) is 5.73 Å². The van der Waals surface area contributed by atoms with Crippen molar-refractivity contribution in [3.05, 3.63) is 29.6 Å². The molecule has 1 saturated carbocycles. The van der Waals surface area contributed by atoms with Gasteiger partial charge in [0.05, 0.1) is 17.8 Å². The first-order chi connectivity index (χ1) is 9.46. The molecular formula is C15H21FN2O2. The van der Waals surface area contributed by atoms with Crippen LogP contribution >= 0.6 is 0 Å². The van der Waals surface area contributed by atoms with Gasteiger partial charge >= 0.3 is 0 Å². The Morgan fingerprint density at radius 3 is 2.70 bits per heavy atom. The zero-order chi connectivity index (χ0) is 14.8. The van der Waals surface area contributed by atoms with E-state index >= 15 is 0 Å². The fraction of sp³-hybridized carbons (Fsp3) is 0.533. The molecular weight excluding hydrogens is 259 g/mol. The minimum atomic E-state index is -0.563. The Bertz CT molecular complexity index is 497. The number of rotatable bonds is 3. The fourth-order valence-electron chi connectivity index (χ4n) is 2.64. The van der Waals surface area contributed by atoms with E-state index in [-0.39, 0.29) is 18.2 Å². The molecule has 2 rings (SSSR count). The number of hydrogen-bond donors (Lipinski definition) is 3. The van der Waals surface area contributed by atoms with Crippen LogP contribution in [0.15, 0.2) is 18.2 Å². The maximum atomic E-state index is 13.1. The van der Waals surface area contributed by atoms with Gasteiger partial charge in [-0.25, -0.2) is 4.39 Å². The third-order valence-corrected chi connectivity index (χ3v) is 4.17. The fourth-order valence-corrected chi connectivity index (χ4v) is 2.64. The van der Waals surface area contributed by atoms with E-state index in [1.807, 2.05) is 0 Å². The van der Waals surface area contributed by atoms with Crippen molar-refractivity contribution in [2.24, 2.45) is 5.92 Å². The summed E-state index contributed by atoms with van der Waals surface area (Å²) in [6.45, 7) is 2.09.